The second-order valence-corrected chi connectivity index (χ2v) is 11.1. The standard InChI is InChI=1S/C29H24Cl2N2O6S/c1-20(29(35)38-19-21-8-4-2-5-9-21)32-28(34)22-12-15-25(16-13-22)40(36,37)33(24-10-6-3-7-11-24)39-27-17-14-23(30)18-26(27)31/h2-18,20H,19H2,1H3,(H,32,34). The summed E-state index contributed by atoms with van der Waals surface area (Å²) in [7, 11) is -4.28. The Morgan fingerprint density at radius 1 is 0.875 bits per heavy atom. The van der Waals surface area contributed by atoms with Crippen molar-refractivity contribution >= 4 is 50.8 Å². The van der Waals surface area contributed by atoms with E-state index in [2.05, 4.69) is 5.32 Å². The Hall–Kier alpha value is -4.05. The van der Waals surface area contributed by atoms with Crippen LogP contribution in [0.3, 0.4) is 0 Å². The number of para-hydroxylation sites is 1. The summed E-state index contributed by atoms with van der Waals surface area (Å²) in [6, 6.07) is 26.0. The fraction of sp³-hybridized carbons (Fsp3) is 0.103. The molecule has 206 valence electrons. The van der Waals surface area contributed by atoms with E-state index in [-0.39, 0.29) is 33.5 Å². The molecule has 0 saturated carbocycles. The predicted molar refractivity (Wildman–Crippen MR) is 153 cm³/mol. The van der Waals surface area contributed by atoms with Crippen LogP contribution in [0, 0.1) is 0 Å². The minimum Gasteiger partial charge on any atom is -0.459 e. The van der Waals surface area contributed by atoms with Crippen LogP contribution in [0.4, 0.5) is 5.69 Å². The zero-order valence-corrected chi connectivity index (χ0v) is 23.5. The molecule has 1 atom stereocenters. The van der Waals surface area contributed by atoms with Gasteiger partial charge in [0.25, 0.3) is 15.9 Å². The molecule has 0 heterocycles. The monoisotopic (exact) mass is 598 g/mol. The molecule has 0 aliphatic carbocycles. The van der Waals surface area contributed by atoms with Gasteiger partial charge in [-0.05, 0) is 67.1 Å². The fourth-order valence-corrected chi connectivity index (χ4v) is 5.19. The topological polar surface area (TPSA) is 102 Å². The first-order valence-electron chi connectivity index (χ1n) is 12.0. The maximum absolute atomic E-state index is 13.6. The molecule has 40 heavy (non-hydrogen) atoms. The molecule has 0 fully saturated rings. The molecule has 4 rings (SSSR count). The van der Waals surface area contributed by atoms with Gasteiger partial charge in [-0.15, -0.1) is 0 Å². The number of nitrogens with one attached hydrogen (secondary N) is 1. The summed E-state index contributed by atoms with van der Waals surface area (Å²) in [6.45, 7) is 1.58. The molecule has 11 heteroatoms. The van der Waals surface area contributed by atoms with E-state index in [4.69, 9.17) is 32.8 Å². The van der Waals surface area contributed by atoms with E-state index in [9.17, 15) is 18.0 Å². The second-order valence-electron chi connectivity index (χ2n) is 8.55. The van der Waals surface area contributed by atoms with E-state index in [1.54, 1.807) is 30.3 Å². The molecule has 1 amide bonds. The smallest absolute Gasteiger partial charge is 0.328 e. The number of anilines is 1. The number of esters is 1. The van der Waals surface area contributed by atoms with E-state index in [0.717, 1.165) is 10.0 Å². The molecule has 0 aliphatic rings. The molecule has 0 aliphatic heterocycles. The van der Waals surface area contributed by atoms with Gasteiger partial charge in [-0.1, -0.05) is 76.2 Å². The van der Waals surface area contributed by atoms with E-state index in [1.807, 2.05) is 30.3 Å². The minimum atomic E-state index is -4.28. The van der Waals surface area contributed by atoms with Crippen molar-refractivity contribution in [2.75, 3.05) is 4.47 Å². The maximum Gasteiger partial charge on any atom is 0.328 e. The number of hydrogen-bond acceptors (Lipinski definition) is 6. The molecule has 4 aromatic rings. The van der Waals surface area contributed by atoms with E-state index >= 15 is 0 Å². The van der Waals surface area contributed by atoms with E-state index < -0.39 is 27.9 Å². The molecule has 8 nitrogen and oxygen atoms in total. The zero-order chi connectivity index (χ0) is 28.7. The molecule has 0 spiro atoms. The number of sulfonamides is 1. The maximum atomic E-state index is 13.6. The first-order chi connectivity index (χ1) is 19.1. The summed E-state index contributed by atoms with van der Waals surface area (Å²) in [5, 5.41) is 3.04. The lowest BCUT2D eigenvalue weighted by Gasteiger charge is -2.24. The lowest BCUT2D eigenvalue weighted by atomic mass is 10.2. The van der Waals surface area contributed by atoms with Gasteiger partial charge >= 0.3 is 5.97 Å². The average molecular weight is 599 g/mol. The third kappa shape index (κ3) is 7.12. The molecule has 0 saturated heterocycles. The predicted octanol–water partition coefficient (Wildman–Crippen LogP) is 6.04. The highest BCUT2D eigenvalue weighted by Gasteiger charge is 2.29. The average Bonchev–Trinajstić information content (AvgIpc) is 2.96. The van der Waals surface area contributed by atoms with Gasteiger partial charge in [-0.2, -0.15) is 8.42 Å². The summed E-state index contributed by atoms with van der Waals surface area (Å²) in [6.07, 6.45) is 0. The Kier molecular flexibility index (Phi) is 9.31. The lowest BCUT2D eigenvalue weighted by molar-refractivity contribution is -0.146. The first kappa shape index (κ1) is 28.9. The Morgan fingerprint density at radius 3 is 2.12 bits per heavy atom. The third-order valence-electron chi connectivity index (χ3n) is 5.60. The van der Waals surface area contributed by atoms with Crippen LogP contribution in [0.1, 0.15) is 22.8 Å². The van der Waals surface area contributed by atoms with Gasteiger partial charge in [0.2, 0.25) is 0 Å². The van der Waals surface area contributed by atoms with Crippen LogP contribution in [0.15, 0.2) is 108 Å². The van der Waals surface area contributed by atoms with Gasteiger partial charge in [-0.25, -0.2) is 4.79 Å². The van der Waals surface area contributed by atoms with Crippen molar-refractivity contribution in [2.45, 2.75) is 24.5 Å². The SMILES string of the molecule is CC(NC(=O)c1ccc(S(=O)(=O)N(Oc2ccc(Cl)cc2Cl)c2ccccc2)cc1)C(=O)OCc1ccccc1. The van der Waals surface area contributed by atoms with Crippen molar-refractivity contribution in [3.8, 4) is 5.75 Å². The van der Waals surface area contributed by atoms with Crippen LogP contribution in [-0.2, 0) is 26.2 Å². The fourth-order valence-electron chi connectivity index (χ4n) is 3.50. The third-order valence-corrected chi connectivity index (χ3v) is 7.72. The molecule has 4 aromatic carbocycles. The molecule has 1 unspecified atom stereocenters. The van der Waals surface area contributed by atoms with Crippen LogP contribution < -0.4 is 14.6 Å². The van der Waals surface area contributed by atoms with Gasteiger partial charge in [0, 0.05) is 10.6 Å². The number of amides is 1. The normalized spacial score (nSPS) is 11.8. The highest BCUT2D eigenvalue weighted by molar-refractivity contribution is 7.92. The number of halogens is 2. The summed E-state index contributed by atoms with van der Waals surface area (Å²) >= 11 is 12.2. The van der Waals surface area contributed by atoms with E-state index in [0.29, 0.717) is 5.02 Å². The minimum absolute atomic E-state index is 0.0719. The van der Waals surface area contributed by atoms with Crippen LogP contribution in [0.2, 0.25) is 10.0 Å². The van der Waals surface area contributed by atoms with Crippen LogP contribution in [0.25, 0.3) is 0 Å². The number of ether oxygens (including phenoxy) is 1. The largest absolute Gasteiger partial charge is 0.459 e. The van der Waals surface area contributed by atoms with Crippen molar-refractivity contribution in [3.05, 3.63) is 124 Å². The Bertz CT molecular complexity index is 1580. The van der Waals surface area contributed by atoms with Gasteiger partial charge in [-0.3, -0.25) is 4.79 Å². The van der Waals surface area contributed by atoms with Gasteiger partial charge in [0.05, 0.1) is 15.6 Å². The first-order valence-corrected chi connectivity index (χ1v) is 14.2. The zero-order valence-electron chi connectivity index (χ0n) is 21.2. The lowest BCUT2D eigenvalue weighted by Crippen LogP contribution is -2.39. The van der Waals surface area contributed by atoms with Crippen LogP contribution >= 0.6 is 23.2 Å². The molecule has 0 radical (unpaired) electrons. The van der Waals surface area contributed by atoms with Gasteiger partial charge in [0.15, 0.2) is 5.75 Å². The number of carbonyl (C=O) groups is 2. The number of hydrogen-bond donors (Lipinski definition) is 1. The van der Waals surface area contributed by atoms with Crippen molar-refractivity contribution in [1.82, 2.24) is 5.32 Å². The molecule has 0 aromatic heterocycles. The highest BCUT2D eigenvalue weighted by atomic mass is 35.5. The Morgan fingerprint density at radius 2 is 1.50 bits per heavy atom. The summed E-state index contributed by atoms with van der Waals surface area (Å²) in [5.74, 6) is -1.10. The number of rotatable bonds is 10. The Labute approximate surface area is 242 Å². The summed E-state index contributed by atoms with van der Waals surface area (Å²) < 4.78 is 33.2. The highest BCUT2D eigenvalue weighted by Crippen LogP contribution is 2.32. The van der Waals surface area contributed by atoms with Crippen LogP contribution in [-0.4, -0.2) is 26.3 Å². The van der Waals surface area contributed by atoms with Crippen LogP contribution in [0.5, 0.6) is 5.75 Å². The van der Waals surface area contributed by atoms with Crippen molar-refractivity contribution in [3.63, 3.8) is 0 Å². The van der Waals surface area contributed by atoms with Crippen molar-refractivity contribution in [1.29, 1.82) is 0 Å². The van der Waals surface area contributed by atoms with Crippen molar-refractivity contribution < 1.29 is 27.6 Å². The van der Waals surface area contributed by atoms with Gasteiger partial charge in [0.1, 0.15) is 12.6 Å². The Balaban J connectivity index is 1.48. The number of nitrogens with zero attached hydrogens (tertiary/aromatic N) is 1. The second kappa shape index (κ2) is 12.9. The number of carbonyl (C=O) groups excluding carboxylic acids is 2. The molecular weight excluding hydrogens is 575 g/mol. The number of benzene rings is 4. The molecular formula is C29H24Cl2N2O6S. The molecule has 1 N–H and O–H groups in total. The quantitative estimate of drug-likeness (QED) is 0.176. The van der Waals surface area contributed by atoms with Crippen molar-refractivity contribution in [2.24, 2.45) is 0 Å². The summed E-state index contributed by atoms with van der Waals surface area (Å²) in [5.41, 5.74) is 1.19. The molecule has 0 bridgehead atoms. The van der Waals surface area contributed by atoms with Gasteiger partial charge < -0.3 is 14.9 Å². The summed E-state index contributed by atoms with van der Waals surface area (Å²) in [4.78, 5) is 30.6. The van der Waals surface area contributed by atoms with E-state index in [1.165, 1.54) is 49.4 Å².